The first-order valence-electron chi connectivity index (χ1n) is 13.1. The predicted molar refractivity (Wildman–Crippen MR) is 141 cm³/mol. The van der Waals surface area contributed by atoms with Crippen molar-refractivity contribution in [3.8, 4) is 28.4 Å². The molecule has 2 aromatic rings. The van der Waals surface area contributed by atoms with Gasteiger partial charge in [0.2, 0.25) is 12.6 Å². The Morgan fingerprint density at radius 1 is 1.07 bits per heavy atom. The van der Waals surface area contributed by atoms with Crippen LogP contribution < -0.4 is 0 Å². The molecule has 224 valence electrons. The summed E-state index contributed by atoms with van der Waals surface area (Å²) in [5.41, 5.74) is 0.119. The zero-order chi connectivity index (χ0) is 30.1. The average molecular weight is 587 g/mol. The first-order valence-corrected chi connectivity index (χ1v) is 13.1. The van der Waals surface area contributed by atoms with Crippen LogP contribution in [0.2, 0.25) is 0 Å². The number of rotatable bonds is 7. The predicted octanol–water partition coefficient (Wildman–Crippen LogP) is 1.06. The minimum Gasteiger partial charge on any atom is -0.508 e. The molecule has 13 heteroatoms. The molecule has 0 aliphatic carbocycles. The van der Waals surface area contributed by atoms with Crippen molar-refractivity contribution in [2.45, 2.75) is 43.4 Å². The van der Waals surface area contributed by atoms with Gasteiger partial charge >= 0.3 is 11.9 Å². The number of aliphatic hydroxyl groups is 3. The first kappa shape index (κ1) is 29.4. The van der Waals surface area contributed by atoms with Crippen molar-refractivity contribution in [1.29, 1.82) is 0 Å². The third-order valence-electron chi connectivity index (χ3n) is 7.48. The van der Waals surface area contributed by atoms with Gasteiger partial charge in [0.15, 0.2) is 6.10 Å². The van der Waals surface area contributed by atoms with Gasteiger partial charge in [0.05, 0.1) is 25.0 Å². The van der Waals surface area contributed by atoms with Gasteiger partial charge in [-0.3, -0.25) is 0 Å². The molecule has 2 saturated heterocycles. The van der Waals surface area contributed by atoms with Crippen LogP contribution in [0.25, 0.3) is 11.1 Å². The molecule has 0 amide bonds. The fraction of sp³-hybridized carbons (Fsp3) is 0.379. The number of esters is 2. The summed E-state index contributed by atoms with van der Waals surface area (Å²) in [6.07, 6.45) is -6.13. The molecule has 0 bridgehead atoms. The lowest BCUT2D eigenvalue weighted by Gasteiger charge is -2.44. The number of aromatic hydroxyl groups is 3. The number of phenolic OH excluding ortho intramolecular Hbond substituents is 3. The Hall–Kier alpha value is -4.14. The fourth-order valence-corrected chi connectivity index (χ4v) is 5.36. The Bertz CT molecular complexity index is 1390. The lowest BCUT2D eigenvalue weighted by atomic mass is 9.81. The minimum atomic E-state index is -1.82. The molecular weight excluding hydrogens is 556 g/mol. The van der Waals surface area contributed by atoms with Crippen molar-refractivity contribution in [3.63, 3.8) is 0 Å². The van der Waals surface area contributed by atoms with Gasteiger partial charge in [0, 0.05) is 23.5 Å². The van der Waals surface area contributed by atoms with Crippen LogP contribution in [0, 0.1) is 11.8 Å². The van der Waals surface area contributed by atoms with E-state index in [0.717, 1.165) is 6.07 Å². The second kappa shape index (κ2) is 12.0. The summed E-state index contributed by atoms with van der Waals surface area (Å²) >= 11 is 0. The number of cyclic esters (lactones) is 1. The highest BCUT2D eigenvalue weighted by molar-refractivity contribution is 6.00. The highest BCUT2D eigenvalue weighted by atomic mass is 16.8. The van der Waals surface area contributed by atoms with Gasteiger partial charge in [-0.1, -0.05) is 18.2 Å². The summed E-state index contributed by atoms with van der Waals surface area (Å²) in [6.45, 7) is 3.27. The van der Waals surface area contributed by atoms with Crippen LogP contribution in [0.4, 0.5) is 0 Å². The molecule has 8 atom stereocenters. The molecule has 2 aromatic carbocycles. The van der Waals surface area contributed by atoms with E-state index in [0.29, 0.717) is 12.0 Å². The highest BCUT2D eigenvalue weighted by Crippen LogP contribution is 2.40. The number of fused-ring (bicyclic) bond motifs is 1. The van der Waals surface area contributed by atoms with Gasteiger partial charge in [-0.2, -0.15) is 0 Å². The molecule has 0 spiro atoms. The van der Waals surface area contributed by atoms with E-state index in [-0.39, 0.29) is 35.2 Å². The zero-order valence-electron chi connectivity index (χ0n) is 22.1. The second-order valence-corrected chi connectivity index (χ2v) is 10.1. The molecule has 0 aromatic heterocycles. The third-order valence-corrected chi connectivity index (χ3v) is 7.48. The van der Waals surface area contributed by atoms with Crippen LogP contribution in [0.15, 0.2) is 60.9 Å². The Morgan fingerprint density at radius 2 is 1.86 bits per heavy atom. The van der Waals surface area contributed by atoms with Crippen LogP contribution in [-0.4, -0.2) is 92.8 Å². The van der Waals surface area contributed by atoms with Gasteiger partial charge in [-0.25, -0.2) is 9.59 Å². The summed E-state index contributed by atoms with van der Waals surface area (Å²) in [5.74, 6) is -3.88. The fourth-order valence-electron chi connectivity index (χ4n) is 5.36. The molecule has 0 radical (unpaired) electrons. The number of carbonyl (C=O) groups excluding carboxylic acids is 2. The highest BCUT2D eigenvalue weighted by Gasteiger charge is 2.50. The van der Waals surface area contributed by atoms with Crippen LogP contribution >= 0.6 is 0 Å². The normalized spacial score (nSPS) is 30.7. The third kappa shape index (κ3) is 5.52. The first-order chi connectivity index (χ1) is 20.1. The van der Waals surface area contributed by atoms with Gasteiger partial charge in [-0.15, -0.1) is 6.58 Å². The molecule has 0 unspecified atom stereocenters. The lowest BCUT2D eigenvalue weighted by molar-refractivity contribution is -0.338. The van der Waals surface area contributed by atoms with E-state index in [1.54, 1.807) is 0 Å². The molecular formula is C29H30O13. The molecule has 5 rings (SSSR count). The smallest absolute Gasteiger partial charge is 0.343 e. The summed E-state index contributed by atoms with van der Waals surface area (Å²) in [7, 11) is 0. The van der Waals surface area contributed by atoms with Crippen LogP contribution in [0.3, 0.4) is 0 Å². The van der Waals surface area contributed by atoms with Crippen molar-refractivity contribution >= 4 is 11.9 Å². The quantitative estimate of drug-likeness (QED) is 0.199. The number of hydrogen-bond donors (Lipinski definition) is 6. The number of phenols is 3. The molecule has 3 aliphatic rings. The average Bonchev–Trinajstić information content (AvgIpc) is 2.96. The largest absolute Gasteiger partial charge is 0.508 e. The van der Waals surface area contributed by atoms with E-state index in [1.165, 1.54) is 42.7 Å². The number of benzene rings is 2. The van der Waals surface area contributed by atoms with Crippen LogP contribution in [-0.2, 0) is 28.5 Å². The van der Waals surface area contributed by atoms with E-state index in [1.807, 2.05) is 0 Å². The molecule has 13 nitrogen and oxygen atoms in total. The molecule has 3 heterocycles. The topological polar surface area (TPSA) is 202 Å². The van der Waals surface area contributed by atoms with E-state index in [9.17, 15) is 40.2 Å². The van der Waals surface area contributed by atoms with Gasteiger partial charge in [0.1, 0.15) is 41.1 Å². The van der Waals surface area contributed by atoms with Gasteiger partial charge in [0.25, 0.3) is 0 Å². The summed E-state index contributed by atoms with van der Waals surface area (Å²) in [5, 5.41) is 61.9. The number of ether oxygens (including phenoxy) is 5. The van der Waals surface area contributed by atoms with Crippen LogP contribution in [0.1, 0.15) is 16.8 Å². The summed E-state index contributed by atoms with van der Waals surface area (Å²) in [4.78, 5) is 25.7. The van der Waals surface area contributed by atoms with Crippen molar-refractivity contribution in [3.05, 3.63) is 66.5 Å². The minimum absolute atomic E-state index is 0.00458. The number of hydrogen-bond acceptors (Lipinski definition) is 13. The van der Waals surface area contributed by atoms with Crippen molar-refractivity contribution < 1.29 is 63.9 Å². The second-order valence-electron chi connectivity index (χ2n) is 10.1. The van der Waals surface area contributed by atoms with E-state index in [4.69, 9.17) is 23.7 Å². The zero-order valence-corrected chi connectivity index (χ0v) is 22.1. The molecule has 3 aliphatic heterocycles. The summed E-state index contributed by atoms with van der Waals surface area (Å²) in [6, 6.07) is 7.77. The van der Waals surface area contributed by atoms with Gasteiger partial charge in [-0.05, 0) is 30.2 Å². The van der Waals surface area contributed by atoms with E-state index in [2.05, 4.69) is 6.58 Å². The molecule has 42 heavy (non-hydrogen) atoms. The Kier molecular flexibility index (Phi) is 8.38. The number of aliphatic hydroxyl groups excluding tert-OH is 3. The SMILES string of the molecule is C=C[C@H]1[C@H](O[C@@H]2O[C@H](CO)[C@@H](O)[C@H](O)[C@H]2OC(=O)c2c(O)cc(O)cc2-c2cccc(O)c2)OC=C2C(=O)OCC[C@H]21. The molecule has 0 saturated carbocycles. The lowest BCUT2D eigenvalue weighted by Crippen LogP contribution is -2.61. The standard InChI is InChI=1S/C29H30O13/c1-2-16-17-6-7-38-26(36)19(17)12-39-28(16)42-29-25(24(35)23(34)21(11-30)40-29)41-27(37)22-18(9-15(32)10-20(22)33)13-4-3-5-14(31)8-13/h2-5,8-10,12,16-17,21,23-25,28-35H,1,6-7,11H2/t16-,17+,21-,23-,24+,25-,28+,29+/m1/s1. The molecule has 2 fully saturated rings. The Balaban J connectivity index is 1.46. The van der Waals surface area contributed by atoms with Gasteiger partial charge < -0.3 is 54.3 Å². The maximum absolute atomic E-state index is 13.5. The van der Waals surface area contributed by atoms with Crippen molar-refractivity contribution in [2.24, 2.45) is 11.8 Å². The van der Waals surface area contributed by atoms with E-state index < -0.39 is 72.8 Å². The van der Waals surface area contributed by atoms with Crippen LogP contribution in [0.5, 0.6) is 17.2 Å². The Morgan fingerprint density at radius 3 is 2.57 bits per heavy atom. The van der Waals surface area contributed by atoms with Crippen molar-refractivity contribution in [2.75, 3.05) is 13.2 Å². The molecule has 6 N–H and O–H groups in total. The summed E-state index contributed by atoms with van der Waals surface area (Å²) < 4.78 is 27.9. The van der Waals surface area contributed by atoms with Crippen molar-refractivity contribution in [1.82, 2.24) is 0 Å². The monoisotopic (exact) mass is 586 g/mol. The van der Waals surface area contributed by atoms with E-state index >= 15 is 0 Å². The number of carbonyl (C=O) groups is 2. The maximum Gasteiger partial charge on any atom is 0.343 e. The maximum atomic E-state index is 13.5. The Labute approximate surface area is 239 Å².